The molecule has 8 heteroatoms. The molecule has 0 radical (unpaired) electrons. The lowest BCUT2D eigenvalue weighted by atomic mass is 9.99. The van der Waals surface area contributed by atoms with Crippen LogP contribution in [0.15, 0.2) is 0 Å². The highest BCUT2D eigenvalue weighted by Gasteiger charge is 2.60. The van der Waals surface area contributed by atoms with Gasteiger partial charge in [-0.3, -0.25) is 0 Å². The van der Waals surface area contributed by atoms with Crippen LogP contribution in [-0.4, -0.2) is 38.7 Å². The van der Waals surface area contributed by atoms with Gasteiger partial charge in [0.15, 0.2) is 5.92 Å². The molecular formula is C8H13F6NO. The van der Waals surface area contributed by atoms with Gasteiger partial charge in [-0.25, -0.2) is 0 Å². The van der Waals surface area contributed by atoms with Crippen LogP contribution in [0.4, 0.5) is 26.3 Å². The highest BCUT2D eigenvalue weighted by molar-refractivity contribution is 4.86. The van der Waals surface area contributed by atoms with Gasteiger partial charge in [-0.2, -0.15) is 26.3 Å². The Balaban J connectivity index is 4.97. The van der Waals surface area contributed by atoms with Crippen molar-refractivity contribution in [2.75, 3.05) is 20.3 Å². The summed E-state index contributed by atoms with van der Waals surface area (Å²) in [7, 11) is 1.05. The van der Waals surface area contributed by atoms with Crippen LogP contribution < -0.4 is 5.32 Å². The molecule has 0 amide bonds. The van der Waals surface area contributed by atoms with E-state index in [-0.39, 0.29) is 6.54 Å². The quantitative estimate of drug-likeness (QED) is 0.759. The van der Waals surface area contributed by atoms with E-state index in [1.54, 1.807) is 0 Å². The highest BCUT2D eigenvalue weighted by atomic mass is 19.4. The predicted octanol–water partition coefficient (Wildman–Crippen LogP) is 2.35. The summed E-state index contributed by atoms with van der Waals surface area (Å²) in [5.74, 6) is -3.42. The maximum absolute atomic E-state index is 12.3. The summed E-state index contributed by atoms with van der Waals surface area (Å²) in [5.41, 5.74) is 0. The number of hydrogen-bond acceptors (Lipinski definition) is 2. The molecule has 0 saturated heterocycles. The van der Waals surface area contributed by atoms with Gasteiger partial charge in [0.2, 0.25) is 0 Å². The van der Waals surface area contributed by atoms with Crippen LogP contribution >= 0.6 is 0 Å². The molecule has 0 aliphatic heterocycles. The minimum atomic E-state index is -5.34. The van der Waals surface area contributed by atoms with Crippen molar-refractivity contribution in [3.05, 3.63) is 0 Å². The molecule has 1 N–H and O–H groups in total. The Bertz CT molecular complexity index is 182. The molecular weight excluding hydrogens is 240 g/mol. The second kappa shape index (κ2) is 5.72. The Morgan fingerprint density at radius 2 is 1.50 bits per heavy atom. The molecule has 0 aromatic carbocycles. The molecule has 0 fully saturated rings. The number of rotatable bonds is 5. The summed E-state index contributed by atoms with van der Waals surface area (Å²) in [4.78, 5) is 0. The Morgan fingerprint density at radius 3 is 1.75 bits per heavy atom. The number of ether oxygens (including phenoxy) is 1. The van der Waals surface area contributed by atoms with Crippen LogP contribution in [0.25, 0.3) is 0 Å². The lowest BCUT2D eigenvalue weighted by Gasteiger charge is -2.30. The second-order valence-corrected chi connectivity index (χ2v) is 3.18. The smallest absolute Gasteiger partial charge is 0.383 e. The van der Waals surface area contributed by atoms with Crippen molar-refractivity contribution < 1.29 is 31.1 Å². The van der Waals surface area contributed by atoms with Gasteiger partial charge in [-0.15, -0.1) is 0 Å². The monoisotopic (exact) mass is 253 g/mol. The first-order valence-electron chi connectivity index (χ1n) is 4.50. The first kappa shape index (κ1) is 15.5. The molecule has 0 bridgehead atoms. The Morgan fingerprint density at radius 1 is 1.06 bits per heavy atom. The van der Waals surface area contributed by atoms with E-state index >= 15 is 0 Å². The average Bonchev–Trinajstić information content (AvgIpc) is 1.99. The molecule has 1 atom stereocenters. The Labute approximate surface area is 89.0 Å². The second-order valence-electron chi connectivity index (χ2n) is 3.18. The van der Waals surface area contributed by atoms with E-state index in [0.717, 1.165) is 7.11 Å². The molecule has 0 heterocycles. The lowest BCUT2D eigenvalue weighted by molar-refractivity contribution is -0.293. The third kappa shape index (κ3) is 4.56. The highest BCUT2D eigenvalue weighted by Crippen LogP contribution is 2.41. The lowest BCUT2D eigenvalue weighted by Crippen LogP contribution is -2.53. The largest absolute Gasteiger partial charge is 0.402 e. The van der Waals surface area contributed by atoms with Crippen LogP contribution in [0, 0.1) is 5.92 Å². The van der Waals surface area contributed by atoms with Crippen molar-refractivity contribution in [2.24, 2.45) is 5.92 Å². The SMILES string of the molecule is CCNC(COC)C(C(F)(F)F)C(F)(F)F. The van der Waals surface area contributed by atoms with Gasteiger partial charge < -0.3 is 10.1 Å². The minimum Gasteiger partial charge on any atom is -0.383 e. The summed E-state index contributed by atoms with van der Waals surface area (Å²) in [6.07, 6.45) is -10.7. The third-order valence-electron chi connectivity index (χ3n) is 1.92. The maximum Gasteiger partial charge on any atom is 0.402 e. The van der Waals surface area contributed by atoms with E-state index in [1.807, 2.05) is 0 Å². The number of halogens is 6. The van der Waals surface area contributed by atoms with Gasteiger partial charge in [-0.1, -0.05) is 6.92 Å². The number of alkyl halides is 6. The zero-order valence-corrected chi connectivity index (χ0v) is 8.74. The predicted molar refractivity (Wildman–Crippen MR) is 44.9 cm³/mol. The van der Waals surface area contributed by atoms with Crippen LogP contribution in [0.1, 0.15) is 6.92 Å². The topological polar surface area (TPSA) is 21.3 Å². The third-order valence-corrected chi connectivity index (χ3v) is 1.92. The van der Waals surface area contributed by atoms with E-state index < -0.39 is 30.9 Å². The first-order chi connectivity index (χ1) is 7.14. The van der Waals surface area contributed by atoms with Crippen molar-refractivity contribution in [2.45, 2.75) is 25.3 Å². The summed E-state index contributed by atoms with van der Waals surface area (Å²) >= 11 is 0. The van der Waals surface area contributed by atoms with E-state index in [1.165, 1.54) is 6.92 Å². The van der Waals surface area contributed by atoms with E-state index in [4.69, 9.17) is 0 Å². The van der Waals surface area contributed by atoms with Gasteiger partial charge in [0.05, 0.1) is 12.6 Å². The Hall–Kier alpha value is -0.500. The minimum absolute atomic E-state index is 0.00329. The average molecular weight is 253 g/mol. The summed E-state index contributed by atoms with van der Waals surface area (Å²) < 4.78 is 78.1. The van der Waals surface area contributed by atoms with Crippen LogP contribution in [0.3, 0.4) is 0 Å². The molecule has 0 rings (SSSR count). The van der Waals surface area contributed by atoms with Gasteiger partial charge >= 0.3 is 12.4 Å². The number of methoxy groups -OCH3 is 1. The number of hydrogen-bond donors (Lipinski definition) is 1. The van der Waals surface area contributed by atoms with Gasteiger partial charge in [0.25, 0.3) is 0 Å². The fourth-order valence-corrected chi connectivity index (χ4v) is 1.36. The van der Waals surface area contributed by atoms with Gasteiger partial charge in [0.1, 0.15) is 0 Å². The van der Waals surface area contributed by atoms with Crippen molar-refractivity contribution in [3.8, 4) is 0 Å². The zero-order valence-electron chi connectivity index (χ0n) is 8.74. The van der Waals surface area contributed by atoms with Crippen molar-refractivity contribution in [1.82, 2.24) is 5.32 Å². The molecule has 1 unspecified atom stereocenters. The summed E-state index contributed by atoms with van der Waals surface area (Å²) in [5, 5.41) is 2.13. The van der Waals surface area contributed by atoms with Crippen LogP contribution in [0.5, 0.6) is 0 Å². The normalized spacial score (nSPS) is 15.6. The maximum atomic E-state index is 12.3. The van der Waals surface area contributed by atoms with Gasteiger partial charge in [-0.05, 0) is 6.54 Å². The van der Waals surface area contributed by atoms with Crippen LogP contribution in [-0.2, 0) is 4.74 Å². The van der Waals surface area contributed by atoms with E-state index in [9.17, 15) is 26.3 Å². The fraction of sp³-hybridized carbons (Fsp3) is 1.00. The molecule has 0 aromatic heterocycles. The van der Waals surface area contributed by atoms with E-state index in [0.29, 0.717) is 0 Å². The first-order valence-corrected chi connectivity index (χ1v) is 4.50. The number of likely N-dealkylation sites (N-methyl/N-ethyl adjacent to an activating group) is 1. The molecule has 0 spiro atoms. The van der Waals surface area contributed by atoms with Crippen molar-refractivity contribution in [1.29, 1.82) is 0 Å². The molecule has 2 nitrogen and oxygen atoms in total. The molecule has 0 aromatic rings. The molecule has 0 saturated carbocycles. The number of nitrogens with one attached hydrogen (secondary N) is 1. The van der Waals surface area contributed by atoms with Crippen molar-refractivity contribution >= 4 is 0 Å². The van der Waals surface area contributed by atoms with E-state index in [2.05, 4.69) is 10.1 Å². The van der Waals surface area contributed by atoms with Gasteiger partial charge in [0, 0.05) is 7.11 Å². The molecule has 16 heavy (non-hydrogen) atoms. The molecule has 98 valence electrons. The summed E-state index contributed by atoms with van der Waals surface area (Å²) in [6, 6.07) is -1.82. The van der Waals surface area contributed by atoms with Crippen molar-refractivity contribution in [3.63, 3.8) is 0 Å². The molecule has 0 aliphatic rings. The Kier molecular flexibility index (Phi) is 5.54. The standard InChI is InChI=1S/C8H13F6NO/c1-3-15-5(4-16-2)6(7(9,10)11)8(12,13)14/h5-6,15H,3-4H2,1-2H3. The summed E-state index contributed by atoms with van der Waals surface area (Å²) in [6.45, 7) is 0.765. The zero-order chi connectivity index (χ0) is 13.0. The molecule has 0 aliphatic carbocycles. The van der Waals surface area contributed by atoms with Crippen LogP contribution in [0.2, 0.25) is 0 Å². The fourth-order valence-electron chi connectivity index (χ4n) is 1.36.